The summed E-state index contributed by atoms with van der Waals surface area (Å²) in [7, 11) is 1.67. The van der Waals surface area contributed by atoms with Gasteiger partial charge in [-0.25, -0.2) is 0 Å². The lowest BCUT2D eigenvalue weighted by Crippen LogP contribution is -2.23. The van der Waals surface area contributed by atoms with Gasteiger partial charge >= 0.3 is 0 Å². The number of carbonyl (C=O) groups is 1. The largest absolute Gasteiger partial charge is 0.497 e. The van der Waals surface area contributed by atoms with Crippen LogP contribution in [0.1, 0.15) is 41.0 Å². The molecule has 1 aliphatic heterocycles. The summed E-state index contributed by atoms with van der Waals surface area (Å²) in [5.41, 5.74) is 6.22. The molecule has 0 bridgehead atoms. The molecule has 1 atom stereocenters. The van der Waals surface area contributed by atoms with Gasteiger partial charge in [0.2, 0.25) is 5.91 Å². The molecule has 0 unspecified atom stereocenters. The van der Waals surface area contributed by atoms with Crippen molar-refractivity contribution in [2.75, 3.05) is 12.4 Å². The first-order chi connectivity index (χ1) is 10.7. The molecule has 2 aromatic carbocycles. The van der Waals surface area contributed by atoms with Gasteiger partial charge < -0.3 is 10.1 Å². The maximum atomic E-state index is 12.1. The predicted molar refractivity (Wildman–Crippen MR) is 86.6 cm³/mol. The number of hydrogen-bond donors (Lipinski definition) is 1. The number of anilines is 1. The van der Waals surface area contributed by atoms with Crippen molar-refractivity contribution in [2.24, 2.45) is 0 Å². The second kappa shape index (κ2) is 5.16. The SMILES string of the molecule is COc1cccc([C@H]2CC(=O)Nc3cc4c(cc32)CCC4)c1. The summed E-state index contributed by atoms with van der Waals surface area (Å²) in [6.45, 7) is 0. The van der Waals surface area contributed by atoms with Gasteiger partial charge in [0, 0.05) is 18.0 Å². The van der Waals surface area contributed by atoms with Gasteiger partial charge in [0.25, 0.3) is 0 Å². The van der Waals surface area contributed by atoms with Crippen LogP contribution in [0.5, 0.6) is 5.75 Å². The molecule has 3 nitrogen and oxygen atoms in total. The molecule has 0 aromatic heterocycles. The molecule has 0 fully saturated rings. The van der Waals surface area contributed by atoms with Gasteiger partial charge in [0.15, 0.2) is 0 Å². The number of benzene rings is 2. The normalized spacial score (nSPS) is 19.3. The Morgan fingerprint density at radius 3 is 2.77 bits per heavy atom. The maximum absolute atomic E-state index is 12.1. The Hall–Kier alpha value is -2.29. The van der Waals surface area contributed by atoms with E-state index in [1.54, 1.807) is 7.11 Å². The van der Waals surface area contributed by atoms with Crippen LogP contribution in [0.25, 0.3) is 0 Å². The minimum atomic E-state index is 0.0956. The minimum Gasteiger partial charge on any atom is -0.497 e. The van der Waals surface area contributed by atoms with E-state index >= 15 is 0 Å². The lowest BCUT2D eigenvalue weighted by atomic mass is 9.83. The standard InChI is InChI=1S/C19H19NO2/c1-22-15-7-3-6-14(8-15)16-11-19(21)20-18-10-13-5-2-4-12(13)9-17(16)18/h3,6-10,16H,2,4-5,11H2,1H3,(H,20,21)/t16-/m1/s1. The van der Waals surface area contributed by atoms with Crippen LogP contribution in [0.2, 0.25) is 0 Å². The molecule has 0 saturated heterocycles. The van der Waals surface area contributed by atoms with Gasteiger partial charge in [-0.05, 0) is 59.7 Å². The zero-order valence-corrected chi connectivity index (χ0v) is 12.7. The third-order valence-corrected chi connectivity index (χ3v) is 4.80. The zero-order valence-electron chi connectivity index (χ0n) is 12.7. The summed E-state index contributed by atoms with van der Waals surface area (Å²) >= 11 is 0. The van der Waals surface area contributed by atoms with Gasteiger partial charge in [0.1, 0.15) is 5.75 Å². The van der Waals surface area contributed by atoms with Gasteiger partial charge in [-0.3, -0.25) is 4.79 Å². The predicted octanol–water partition coefficient (Wildman–Crippen LogP) is 3.66. The number of methoxy groups -OCH3 is 1. The van der Waals surface area contributed by atoms with Crippen LogP contribution in [0, 0.1) is 0 Å². The van der Waals surface area contributed by atoms with Crippen molar-refractivity contribution < 1.29 is 9.53 Å². The van der Waals surface area contributed by atoms with Crippen molar-refractivity contribution in [2.45, 2.75) is 31.6 Å². The number of carbonyl (C=O) groups excluding carboxylic acids is 1. The van der Waals surface area contributed by atoms with Gasteiger partial charge in [0.05, 0.1) is 7.11 Å². The highest BCUT2D eigenvalue weighted by atomic mass is 16.5. The number of aryl methyl sites for hydroxylation is 2. The Balaban J connectivity index is 1.83. The van der Waals surface area contributed by atoms with Gasteiger partial charge in [-0.2, -0.15) is 0 Å². The number of amides is 1. The van der Waals surface area contributed by atoms with Crippen molar-refractivity contribution in [3.8, 4) is 5.75 Å². The quantitative estimate of drug-likeness (QED) is 0.917. The molecule has 2 aliphatic rings. The molecule has 1 heterocycles. The highest BCUT2D eigenvalue weighted by molar-refractivity contribution is 5.95. The molecule has 0 saturated carbocycles. The summed E-state index contributed by atoms with van der Waals surface area (Å²) in [6, 6.07) is 12.6. The average molecular weight is 293 g/mol. The van der Waals surface area contributed by atoms with Crippen molar-refractivity contribution >= 4 is 11.6 Å². The van der Waals surface area contributed by atoms with E-state index in [-0.39, 0.29) is 11.8 Å². The molecule has 0 spiro atoms. The Kier molecular flexibility index (Phi) is 3.14. The molecule has 4 rings (SSSR count). The second-order valence-corrected chi connectivity index (χ2v) is 6.14. The van der Waals surface area contributed by atoms with E-state index in [0.29, 0.717) is 6.42 Å². The first-order valence-electron chi connectivity index (χ1n) is 7.84. The maximum Gasteiger partial charge on any atom is 0.225 e. The van der Waals surface area contributed by atoms with E-state index in [0.717, 1.165) is 29.8 Å². The van der Waals surface area contributed by atoms with Crippen LogP contribution >= 0.6 is 0 Å². The number of nitrogens with one attached hydrogen (secondary N) is 1. The molecule has 2 aromatic rings. The van der Waals surface area contributed by atoms with E-state index in [2.05, 4.69) is 23.5 Å². The highest BCUT2D eigenvalue weighted by Crippen LogP contribution is 2.40. The molecule has 0 radical (unpaired) electrons. The van der Waals surface area contributed by atoms with Crippen LogP contribution < -0.4 is 10.1 Å². The Morgan fingerprint density at radius 1 is 1.14 bits per heavy atom. The fraction of sp³-hybridized carbons (Fsp3) is 0.316. The fourth-order valence-electron chi connectivity index (χ4n) is 3.69. The van der Waals surface area contributed by atoms with Crippen LogP contribution in [-0.4, -0.2) is 13.0 Å². The Morgan fingerprint density at radius 2 is 1.95 bits per heavy atom. The number of hydrogen-bond acceptors (Lipinski definition) is 2. The van der Waals surface area contributed by atoms with Crippen molar-refractivity contribution in [1.82, 2.24) is 0 Å². The van der Waals surface area contributed by atoms with E-state index < -0.39 is 0 Å². The van der Waals surface area contributed by atoms with Crippen LogP contribution in [-0.2, 0) is 17.6 Å². The first kappa shape index (κ1) is 13.4. The summed E-state index contributed by atoms with van der Waals surface area (Å²) in [4.78, 5) is 12.1. The van der Waals surface area contributed by atoms with Crippen molar-refractivity contribution in [3.63, 3.8) is 0 Å². The zero-order chi connectivity index (χ0) is 15.1. The van der Waals surface area contributed by atoms with E-state index in [4.69, 9.17) is 4.74 Å². The van der Waals surface area contributed by atoms with E-state index in [1.165, 1.54) is 23.1 Å². The number of fused-ring (bicyclic) bond motifs is 2. The van der Waals surface area contributed by atoms with E-state index in [9.17, 15) is 4.79 Å². The molecule has 112 valence electrons. The van der Waals surface area contributed by atoms with Gasteiger partial charge in [-0.1, -0.05) is 18.2 Å². The molecule has 1 aliphatic carbocycles. The molecular formula is C19H19NO2. The van der Waals surface area contributed by atoms with Crippen LogP contribution in [0.3, 0.4) is 0 Å². The smallest absolute Gasteiger partial charge is 0.225 e. The average Bonchev–Trinajstić information content (AvgIpc) is 2.99. The number of ether oxygens (including phenoxy) is 1. The third kappa shape index (κ3) is 2.17. The topological polar surface area (TPSA) is 38.3 Å². The minimum absolute atomic E-state index is 0.0956. The first-order valence-corrected chi connectivity index (χ1v) is 7.84. The lowest BCUT2D eigenvalue weighted by molar-refractivity contribution is -0.116. The summed E-state index contributed by atoms with van der Waals surface area (Å²) in [5.74, 6) is 1.05. The molecule has 22 heavy (non-hydrogen) atoms. The molecule has 1 amide bonds. The van der Waals surface area contributed by atoms with Crippen LogP contribution in [0.4, 0.5) is 5.69 Å². The fourth-order valence-corrected chi connectivity index (χ4v) is 3.69. The molecule has 3 heteroatoms. The summed E-state index contributed by atoms with van der Waals surface area (Å²) in [6.07, 6.45) is 4.00. The summed E-state index contributed by atoms with van der Waals surface area (Å²) in [5, 5.41) is 3.05. The van der Waals surface area contributed by atoms with Crippen molar-refractivity contribution in [3.05, 3.63) is 58.7 Å². The van der Waals surface area contributed by atoms with E-state index in [1.807, 2.05) is 18.2 Å². The highest BCUT2D eigenvalue weighted by Gasteiger charge is 2.28. The monoisotopic (exact) mass is 293 g/mol. The van der Waals surface area contributed by atoms with Gasteiger partial charge in [-0.15, -0.1) is 0 Å². The molecule has 1 N–H and O–H groups in total. The lowest BCUT2D eigenvalue weighted by Gasteiger charge is -2.27. The Bertz CT molecular complexity index is 751. The number of rotatable bonds is 2. The van der Waals surface area contributed by atoms with Crippen LogP contribution in [0.15, 0.2) is 36.4 Å². The summed E-state index contributed by atoms with van der Waals surface area (Å²) < 4.78 is 5.33. The Labute approximate surface area is 130 Å². The van der Waals surface area contributed by atoms with Crippen molar-refractivity contribution in [1.29, 1.82) is 0 Å². The third-order valence-electron chi connectivity index (χ3n) is 4.80. The molecular weight excluding hydrogens is 274 g/mol. The second-order valence-electron chi connectivity index (χ2n) is 6.14.